The Labute approximate surface area is 130 Å². The number of rotatable bonds is 5. The third-order valence-corrected chi connectivity index (χ3v) is 4.72. The van der Waals surface area contributed by atoms with Crippen LogP contribution < -0.4 is 4.74 Å². The second-order valence-electron chi connectivity index (χ2n) is 5.50. The minimum Gasteiger partial charge on any atom is -0.492 e. The Morgan fingerprint density at radius 1 is 1.33 bits per heavy atom. The molecule has 0 aliphatic carbocycles. The molecule has 1 aliphatic rings. The first kappa shape index (κ1) is 14.5. The molecule has 0 saturated heterocycles. The van der Waals surface area contributed by atoms with Crippen LogP contribution in [0.1, 0.15) is 36.0 Å². The first-order chi connectivity index (χ1) is 10.3. The zero-order chi connectivity index (χ0) is 14.5. The topological polar surface area (TPSA) is 25.4 Å². The number of aryl methyl sites for hydroxylation is 1. The monoisotopic (exact) mass is 302 g/mol. The number of hydrogen-bond donors (Lipinski definition) is 0. The lowest BCUT2D eigenvalue weighted by molar-refractivity contribution is 0.218. The minimum absolute atomic E-state index is 0.754. The van der Waals surface area contributed by atoms with E-state index in [4.69, 9.17) is 9.72 Å². The van der Waals surface area contributed by atoms with Gasteiger partial charge < -0.3 is 4.74 Å². The van der Waals surface area contributed by atoms with Crippen LogP contribution in [-0.2, 0) is 19.5 Å². The van der Waals surface area contributed by atoms with Crippen molar-refractivity contribution in [3.63, 3.8) is 0 Å². The van der Waals surface area contributed by atoms with Crippen LogP contribution in [0.4, 0.5) is 0 Å². The molecular weight excluding hydrogens is 280 g/mol. The quantitative estimate of drug-likeness (QED) is 0.838. The van der Waals surface area contributed by atoms with Gasteiger partial charge in [0.1, 0.15) is 12.4 Å². The Morgan fingerprint density at radius 3 is 3.14 bits per heavy atom. The molecule has 0 saturated carbocycles. The molecule has 0 fully saturated rings. The summed E-state index contributed by atoms with van der Waals surface area (Å²) in [6.45, 7) is 5.79. The highest BCUT2D eigenvalue weighted by Gasteiger charge is 2.16. The van der Waals surface area contributed by atoms with Gasteiger partial charge in [-0.25, -0.2) is 4.98 Å². The van der Waals surface area contributed by atoms with E-state index in [2.05, 4.69) is 35.4 Å². The zero-order valence-electron chi connectivity index (χ0n) is 12.5. The third kappa shape index (κ3) is 3.83. The molecule has 0 bridgehead atoms. The normalized spacial score (nSPS) is 15.3. The molecule has 2 heterocycles. The molecule has 0 N–H and O–H groups in total. The van der Waals surface area contributed by atoms with Crippen molar-refractivity contribution in [1.82, 2.24) is 9.88 Å². The fraction of sp³-hybridized carbons (Fsp3) is 0.471. The van der Waals surface area contributed by atoms with Crippen LogP contribution in [0.2, 0.25) is 0 Å². The van der Waals surface area contributed by atoms with Crippen LogP contribution >= 0.6 is 11.3 Å². The lowest BCUT2D eigenvalue weighted by Crippen LogP contribution is -2.25. The van der Waals surface area contributed by atoms with Gasteiger partial charge >= 0.3 is 0 Å². The van der Waals surface area contributed by atoms with Crippen LogP contribution in [-0.4, -0.2) is 23.0 Å². The average Bonchev–Trinajstić information content (AvgIpc) is 2.83. The second kappa shape index (κ2) is 7.05. The molecule has 2 aromatic rings. The highest BCUT2D eigenvalue weighted by Crippen LogP contribution is 2.23. The first-order valence-corrected chi connectivity index (χ1v) is 8.59. The van der Waals surface area contributed by atoms with Gasteiger partial charge in [-0.3, -0.25) is 4.90 Å². The lowest BCUT2D eigenvalue weighted by atomic mass is 10.2. The summed E-state index contributed by atoms with van der Waals surface area (Å²) >= 11 is 1.80. The van der Waals surface area contributed by atoms with E-state index in [-0.39, 0.29) is 0 Å². The van der Waals surface area contributed by atoms with Crippen LogP contribution in [0.15, 0.2) is 29.6 Å². The molecule has 0 amide bonds. The van der Waals surface area contributed by atoms with Crippen molar-refractivity contribution in [1.29, 1.82) is 0 Å². The molecule has 0 spiro atoms. The van der Waals surface area contributed by atoms with E-state index in [9.17, 15) is 0 Å². The summed E-state index contributed by atoms with van der Waals surface area (Å²) < 4.78 is 5.82. The Hall–Kier alpha value is -1.39. The standard InChI is InChI=1S/C17H22N2OS/c1-2-3-8-17-18-15(13-21-17)12-19-9-10-20-16-7-5-4-6-14(16)11-19/h4-7,13H,2-3,8-12H2,1H3. The average molecular weight is 302 g/mol. The van der Waals surface area contributed by atoms with E-state index < -0.39 is 0 Å². The summed E-state index contributed by atoms with van der Waals surface area (Å²) in [5, 5.41) is 3.49. The summed E-state index contributed by atoms with van der Waals surface area (Å²) in [6, 6.07) is 8.33. The van der Waals surface area contributed by atoms with E-state index >= 15 is 0 Å². The Balaban J connectivity index is 1.64. The van der Waals surface area contributed by atoms with Crippen molar-refractivity contribution < 1.29 is 4.74 Å². The number of hydrogen-bond acceptors (Lipinski definition) is 4. The number of para-hydroxylation sites is 1. The molecule has 0 unspecified atom stereocenters. The Bertz CT molecular complexity index is 582. The van der Waals surface area contributed by atoms with Gasteiger partial charge in [0.05, 0.1) is 10.7 Å². The third-order valence-electron chi connectivity index (χ3n) is 3.76. The highest BCUT2D eigenvalue weighted by molar-refractivity contribution is 7.09. The fourth-order valence-electron chi connectivity index (χ4n) is 2.61. The molecule has 3 rings (SSSR count). The number of ether oxygens (including phenoxy) is 1. The van der Waals surface area contributed by atoms with E-state index in [1.54, 1.807) is 11.3 Å². The van der Waals surface area contributed by atoms with Gasteiger partial charge in [-0.2, -0.15) is 0 Å². The largest absolute Gasteiger partial charge is 0.492 e. The van der Waals surface area contributed by atoms with E-state index in [1.807, 2.05) is 6.07 Å². The van der Waals surface area contributed by atoms with E-state index in [0.717, 1.165) is 38.4 Å². The molecule has 0 atom stereocenters. The zero-order valence-corrected chi connectivity index (χ0v) is 13.4. The molecule has 21 heavy (non-hydrogen) atoms. The number of unbranched alkanes of at least 4 members (excludes halogenated alkanes) is 1. The number of thiazole rings is 1. The number of benzene rings is 1. The van der Waals surface area contributed by atoms with Crippen molar-refractivity contribution in [2.75, 3.05) is 13.2 Å². The van der Waals surface area contributed by atoms with Crippen LogP contribution in [0.3, 0.4) is 0 Å². The predicted molar refractivity (Wildman–Crippen MR) is 86.8 cm³/mol. The minimum atomic E-state index is 0.754. The van der Waals surface area contributed by atoms with Crippen molar-refractivity contribution in [2.24, 2.45) is 0 Å². The SMILES string of the molecule is CCCCc1nc(CN2CCOc3ccccc3C2)cs1. The van der Waals surface area contributed by atoms with Crippen LogP contribution in [0.25, 0.3) is 0 Å². The molecule has 4 heteroatoms. The Kier molecular flexibility index (Phi) is 4.88. The maximum absolute atomic E-state index is 5.82. The van der Waals surface area contributed by atoms with Crippen LogP contribution in [0, 0.1) is 0 Å². The molecule has 1 aromatic carbocycles. The maximum atomic E-state index is 5.82. The van der Waals surface area contributed by atoms with E-state index in [1.165, 1.54) is 29.1 Å². The van der Waals surface area contributed by atoms with Gasteiger partial charge in [0, 0.05) is 30.6 Å². The predicted octanol–water partition coefficient (Wildman–Crippen LogP) is 3.88. The van der Waals surface area contributed by atoms with Crippen molar-refractivity contribution in [2.45, 2.75) is 39.3 Å². The molecule has 1 aliphatic heterocycles. The highest BCUT2D eigenvalue weighted by atomic mass is 32.1. The van der Waals surface area contributed by atoms with Crippen molar-refractivity contribution in [3.05, 3.63) is 45.9 Å². The molecule has 0 radical (unpaired) electrons. The van der Waals surface area contributed by atoms with Crippen molar-refractivity contribution >= 4 is 11.3 Å². The summed E-state index contributed by atoms with van der Waals surface area (Å²) in [5.41, 5.74) is 2.47. The maximum Gasteiger partial charge on any atom is 0.123 e. The van der Waals surface area contributed by atoms with Gasteiger partial charge in [-0.15, -0.1) is 11.3 Å². The fourth-order valence-corrected chi connectivity index (χ4v) is 3.44. The summed E-state index contributed by atoms with van der Waals surface area (Å²) in [5.74, 6) is 1.03. The number of fused-ring (bicyclic) bond motifs is 1. The van der Waals surface area contributed by atoms with Gasteiger partial charge in [0.25, 0.3) is 0 Å². The first-order valence-electron chi connectivity index (χ1n) is 7.71. The second-order valence-corrected chi connectivity index (χ2v) is 6.45. The summed E-state index contributed by atoms with van der Waals surface area (Å²) in [7, 11) is 0. The van der Waals surface area contributed by atoms with Gasteiger partial charge in [-0.05, 0) is 18.9 Å². The molecular formula is C17H22N2OS. The van der Waals surface area contributed by atoms with Crippen LogP contribution in [0.5, 0.6) is 5.75 Å². The lowest BCUT2D eigenvalue weighted by Gasteiger charge is -2.17. The summed E-state index contributed by atoms with van der Waals surface area (Å²) in [4.78, 5) is 7.19. The number of nitrogens with zero attached hydrogens (tertiary/aromatic N) is 2. The van der Waals surface area contributed by atoms with E-state index in [0.29, 0.717) is 0 Å². The summed E-state index contributed by atoms with van der Waals surface area (Å²) in [6.07, 6.45) is 3.58. The van der Waals surface area contributed by atoms with Gasteiger partial charge in [0.2, 0.25) is 0 Å². The van der Waals surface area contributed by atoms with Gasteiger partial charge in [0.15, 0.2) is 0 Å². The van der Waals surface area contributed by atoms with Gasteiger partial charge in [-0.1, -0.05) is 31.5 Å². The molecule has 3 nitrogen and oxygen atoms in total. The van der Waals surface area contributed by atoms with Crippen molar-refractivity contribution in [3.8, 4) is 5.75 Å². The smallest absolute Gasteiger partial charge is 0.123 e. The number of aromatic nitrogens is 1. The molecule has 1 aromatic heterocycles. The Morgan fingerprint density at radius 2 is 2.24 bits per heavy atom. The molecule has 112 valence electrons.